The minimum absolute atomic E-state index is 0.0293. The fraction of sp³-hybridized carbons (Fsp3) is 0.227. The van der Waals surface area contributed by atoms with Crippen LogP contribution in [0.2, 0.25) is 0 Å². The van der Waals surface area contributed by atoms with Crippen molar-refractivity contribution in [1.82, 2.24) is 5.06 Å². The van der Waals surface area contributed by atoms with Gasteiger partial charge in [-0.05, 0) is 42.3 Å². The van der Waals surface area contributed by atoms with E-state index in [2.05, 4.69) is 4.99 Å². The third-order valence-electron chi connectivity index (χ3n) is 4.70. The van der Waals surface area contributed by atoms with Crippen LogP contribution in [0.15, 0.2) is 53.0 Å². The van der Waals surface area contributed by atoms with Crippen LogP contribution in [0.3, 0.4) is 0 Å². The number of hydrogen-bond acceptors (Lipinski definition) is 7. The molecule has 0 aromatic heterocycles. The predicted molar refractivity (Wildman–Crippen MR) is 117 cm³/mol. The molecule has 0 radical (unpaired) electrons. The Balaban J connectivity index is 1.81. The molecule has 1 aliphatic rings. The second kappa shape index (κ2) is 9.84. The normalized spacial score (nSPS) is 12.8. The molecule has 3 rings (SSSR count). The third-order valence-corrected chi connectivity index (χ3v) is 4.70. The average Bonchev–Trinajstić information content (AvgIpc) is 2.93. The van der Waals surface area contributed by atoms with Gasteiger partial charge in [0.05, 0.1) is 16.2 Å². The van der Waals surface area contributed by atoms with E-state index in [0.717, 1.165) is 0 Å². The summed E-state index contributed by atoms with van der Waals surface area (Å²) in [6, 6.07) is 10.3. The lowest BCUT2D eigenvalue weighted by atomic mass is 10.0. The highest BCUT2D eigenvalue weighted by Gasteiger charge is 2.23. The number of hydrogen-bond donors (Lipinski definition) is 2. The predicted octanol–water partition coefficient (Wildman–Crippen LogP) is 3.44. The van der Waals surface area contributed by atoms with Crippen LogP contribution < -0.4 is 5.73 Å². The van der Waals surface area contributed by atoms with Crippen molar-refractivity contribution in [3.8, 4) is 0 Å². The van der Waals surface area contributed by atoms with Crippen LogP contribution in [0.25, 0.3) is 6.08 Å². The lowest BCUT2D eigenvalue weighted by Gasteiger charge is -2.22. The smallest absolute Gasteiger partial charge is 0.335 e. The summed E-state index contributed by atoms with van der Waals surface area (Å²) in [5.74, 6) is -1.29. The largest absolute Gasteiger partial charge is 0.478 e. The van der Waals surface area contributed by atoms with E-state index in [0.29, 0.717) is 35.4 Å². The van der Waals surface area contributed by atoms with E-state index in [4.69, 9.17) is 10.6 Å². The molecule has 0 saturated heterocycles. The van der Waals surface area contributed by atoms with E-state index >= 15 is 0 Å². The van der Waals surface area contributed by atoms with Gasteiger partial charge in [0.15, 0.2) is 0 Å². The van der Waals surface area contributed by atoms with Gasteiger partial charge in [0.25, 0.3) is 11.6 Å². The molecule has 0 atom stereocenters. The van der Waals surface area contributed by atoms with Gasteiger partial charge in [-0.3, -0.25) is 19.7 Å². The van der Waals surface area contributed by atoms with E-state index in [1.165, 1.54) is 29.3 Å². The molecule has 1 heterocycles. The summed E-state index contributed by atoms with van der Waals surface area (Å²) in [5, 5.41) is 21.2. The highest BCUT2D eigenvalue weighted by molar-refractivity contribution is 6.05. The number of rotatable bonds is 8. The number of amidine groups is 1. The number of aliphatic imine (C=N–C) groups is 1. The second-order valence-corrected chi connectivity index (χ2v) is 7.13. The van der Waals surface area contributed by atoms with Gasteiger partial charge >= 0.3 is 5.97 Å². The molecule has 166 valence electrons. The van der Waals surface area contributed by atoms with Crippen LogP contribution >= 0.6 is 0 Å². The Hall–Kier alpha value is -4.05. The molecule has 10 nitrogen and oxygen atoms in total. The topological polar surface area (TPSA) is 148 Å². The zero-order chi connectivity index (χ0) is 23.3. The van der Waals surface area contributed by atoms with E-state index < -0.39 is 10.9 Å². The molecule has 0 bridgehead atoms. The molecule has 2 aromatic carbocycles. The first-order valence-corrected chi connectivity index (χ1v) is 9.87. The standard InChI is InChI=1S/C22H22N4O6/c1-2-9-25(32-13-14-3-7-18(8-4-14)26(30)31)21(27)17-10-15-5-6-16(22(28)29)11-19(15)24-20(23)12-17/h3-8,10-11H,2,9,12-13H2,1H3,(H2,23,24)(H,28,29). The molecule has 32 heavy (non-hydrogen) atoms. The van der Waals surface area contributed by atoms with E-state index in [-0.39, 0.29) is 36.0 Å². The summed E-state index contributed by atoms with van der Waals surface area (Å²) in [6.07, 6.45) is 2.35. The number of fused-ring (bicyclic) bond motifs is 1. The van der Waals surface area contributed by atoms with E-state index in [1.54, 1.807) is 24.3 Å². The van der Waals surface area contributed by atoms with Crippen LogP contribution in [0.4, 0.5) is 11.4 Å². The Labute approximate surface area is 183 Å². The number of nitrogens with zero attached hydrogens (tertiary/aromatic N) is 3. The number of aromatic carboxylic acids is 1. The summed E-state index contributed by atoms with van der Waals surface area (Å²) >= 11 is 0. The summed E-state index contributed by atoms with van der Waals surface area (Å²) < 4.78 is 0. The number of carboxylic acids is 1. The van der Waals surface area contributed by atoms with Crippen LogP contribution in [0, 0.1) is 10.1 Å². The molecule has 3 N–H and O–H groups in total. The van der Waals surface area contributed by atoms with Gasteiger partial charge in [0, 0.05) is 36.2 Å². The lowest BCUT2D eigenvalue weighted by Crippen LogP contribution is -2.34. The fourth-order valence-electron chi connectivity index (χ4n) is 3.12. The molecule has 1 amide bonds. The summed E-state index contributed by atoms with van der Waals surface area (Å²) in [4.78, 5) is 44.7. The molecule has 1 aliphatic heterocycles. The van der Waals surface area contributed by atoms with Crippen LogP contribution in [-0.2, 0) is 16.2 Å². The number of hydroxylamine groups is 2. The first kappa shape index (κ1) is 22.6. The Bertz CT molecular complexity index is 1110. The highest BCUT2D eigenvalue weighted by Crippen LogP contribution is 2.28. The summed E-state index contributed by atoms with van der Waals surface area (Å²) in [6.45, 7) is 2.28. The molecule has 0 aliphatic carbocycles. The molecule has 0 fully saturated rings. The van der Waals surface area contributed by atoms with Gasteiger partial charge in [-0.15, -0.1) is 0 Å². The molecule has 10 heteroatoms. The van der Waals surface area contributed by atoms with Gasteiger partial charge in [0.2, 0.25) is 0 Å². The number of benzene rings is 2. The summed E-state index contributed by atoms with van der Waals surface area (Å²) in [7, 11) is 0. The SMILES string of the molecule is CCCN(OCc1ccc([N+](=O)[O-])cc1)C(=O)C1=Cc2ccc(C(=O)O)cc2N=C(N)C1. The molecule has 0 saturated carbocycles. The van der Waals surface area contributed by atoms with Crippen molar-refractivity contribution in [2.75, 3.05) is 6.54 Å². The Morgan fingerprint density at radius 1 is 1.25 bits per heavy atom. The maximum atomic E-state index is 13.2. The number of carboxylic acid groups (broad SMARTS) is 1. The van der Waals surface area contributed by atoms with Crippen molar-refractivity contribution in [2.45, 2.75) is 26.4 Å². The number of amides is 1. The number of nitrogens with two attached hydrogens (primary N) is 1. The Morgan fingerprint density at radius 2 is 1.97 bits per heavy atom. The summed E-state index contributed by atoms with van der Waals surface area (Å²) in [5.41, 5.74) is 7.99. The first-order valence-electron chi connectivity index (χ1n) is 9.87. The monoisotopic (exact) mass is 438 g/mol. The molecular weight excluding hydrogens is 416 g/mol. The molecule has 0 unspecified atom stereocenters. The Morgan fingerprint density at radius 3 is 2.59 bits per heavy atom. The van der Waals surface area contributed by atoms with E-state index in [1.807, 2.05) is 6.92 Å². The molecular formula is C22H22N4O6. The van der Waals surface area contributed by atoms with Gasteiger partial charge < -0.3 is 10.8 Å². The van der Waals surface area contributed by atoms with Crippen molar-refractivity contribution in [1.29, 1.82) is 0 Å². The lowest BCUT2D eigenvalue weighted by molar-refractivity contribution is -0.384. The number of nitro groups is 1. The van der Waals surface area contributed by atoms with Crippen molar-refractivity contribution in [2.24, 2.45) is 10.7 Å². The highest BCUT2D eigenvalue weighted by atomic mass is 16.7. The van der Waals surface area contributed by atoms with Crippen LogP contribution in [0.1, 0.15) is 41.3 Å². The Kier molecular flexibility index (Phi) is 6.96. The van der Waals surface area contributed by atoms with Crippen LogP contribution in [-0.4, -0.2) is 39.3 Å². The van der Waals surface area contributed by atoms with Crippen molar-refractivity contribution in [3.05, 3.63) is 74.8 Å². The van der Waals surface area contributed by atoms with Gasteiger partial charge in [-0.2, -0.15) is 0 Å². The number of non-ortho nitro benzene ring substituents is 1. The number of nitro benzene ring substituents is 1. The number of carbonyl (C=O) groups excluding carboxylic acids is 1. The maximum absolute atomic E-state index is 13.2. The average molecular weight is 438 g/mol. The van der Waals surface area contributed by atoms with E-state index in [9.17, 15) is 24.8 Å². The number of carbonyl (C=O) groups is 2. The van der Waals surface area contributed by atoms with Crippen molar-refractivity contribution in [3.63, 3.8) is 0 Å². The van der Waals surface area contributed by atoms with Crippen LogP contribution in [0.5, 0.6) is 0 Å². The fourth-order valence-corrected chi connectivity index (χ4v) is 3.12. The molecule has 2 aromatic rings. The van der Waals surface area contributed by atoms with Crippen molar-refractivity contribution < 1.29 is 24.5 Å². The van der Waals surface area contributed by atoms with Crippen molar-refractivity contribution >= 4 is 35.2 Å². The first-order chi connectivity index (χ1) is 15.3. The minimum atomic E-state index is -1.08. The zero-order valence-corrected chi connectivity index (χ0v) is 17.4. The molecule has 0 spiro atoms. The van der Waals surface area contributed by atoms with Gasteiger partial charge in [0.1, 0.15) is 12.4 Å². The second-order valence-electron chi connectivity index (χ2n) is 7.13. The minimum Gasteiger partial charge on any atom is -0.478 e. The van der Waals surface area contributed by atoms with Gasteiger partial charge in [-0.1, -0.05) is 13.0 Å². The maximum Gasteiger partial charge on any atom is 0.335 e. The quantitative estimate of drug-likeness (QED) is 0.474. The zero-order valence-electron chi connectivity index (χ0n) is 17.4. The third kappa shape index (κ3) is 5.35. The van der Waals surface area contributed by atoms with Gasteiger partial charge in [-0.25, -0.2) is 14.9 Å².